The van der Waals surface area contributed by atoms with Gasteiger partial charge in [-0.3, -0.25) is 0 Å². The third-order valence-corrected chi connectivity index (χ3v) is 1.60. The van der Waals surface area contributed by atoms with Crippen LogP contribution in [0.25, 0.3) is 0 Å². The molecule has 1 aliphatic heterocycles. The van der Waals surface area contributed by atoms with Gasteiger partial charge in [0.1, 0.15) is 0 Å². The SMILES string of the molecule is C[C@H]1CC(C)(C)CO1. The van der Waals surface area contributed by atoms with E-state index in [0.717, 1.165) is 6.61 Å². The van der Waals surface area contributed by atoms with Crippen molar-refractivity contribution in [1.29, 1.82) is 0 Å². The molecule has 0 N–H and O–H groups in total. The van der Waals surface area contributed by atoms with Crippen molar-refractivity contribution in [2.45, 2.75) is 33.3 Å². The zero-order valence-corrected chi connectivity index (χ0v) is 5.90. The molecule has 0 aromatic rings. The summed E-state index contributed by atoms with van der Waals surface area (Å²) in [6.07, 6.45) is 1.71. The predicted molar refractivity (Wildman–Crippen MR) is 33.8 cm³/mol. The van der Waals surface area contributed by atoms with Gasteiger partial charge in [0, 0.05) is 0 Å². The van der Waals surface area contributed by atoms with Crippen molar-refractivity contribution in [3.8, 4) is 0 Å². The first-order valence-corrected chi connectivity index (χ1v) is 3.22. The van der Waals surface area contributed by atoms with Crippen molar-refractivity contribution in [3.05, 3.63) is 0 Å². The van der Waals surface area contributed by atoms with Gasteiger partial charge in [0.05, 0.1) is 12.7 Å². The summed E-state index contributed by atoms with van der Waals surface area (Å²) in [6.45, 7) is 7.57. The van der Waals surface area contributed by atoms with Crippen molar-refractivity contribution in [2.75, 3.05) is 6.61 Å². The molecule has 0 unspecified atom stereocenters. The Bertz CT molecular complexity index is 86.4. The first kappa shape index (κ1) is 6.09. The van der Waals surface area contributed by atoms with Crippen molar-refractivity contribution < 1.29 is 4.74 Å². The molecule has 0 radical (unpaired) electrons. The van der Waals surface area contributed by atoms with E-state index < -0.39 is 0 Å². The van der Waals surface area contributed by atoms with E-state index in [-0.39, 0.29) is 0 Å². The van der Waals surface area contributed by atoms with Gasteiger partial charge in [-0.1, -0.05) is 13.8 Å². The lowest BCUT2D eigenvalue weighted by molar-refractivity contribution is 0.112. The summed E-state index contributed by atoms with van der Waals surface area (Å²) < 4.78 is 5.37. The van der Waals surface area contributed by atoms with Crippen LogP contribution < -0.4 is 0 Å². The summed E-state index contributed by atoms with van der Waals surface area (Å²) in [5.74, 6) is 0. The molecular weight excluding hydrogens is 100 g/mol. The topological polar surface area (TPSA) is 9.23 Å². The lowest BCUT2D eigenvalue weighted by Crippen LogP contribution is -2.09. The highest BCUT2D eigenvalue weighted by atomic mass is 16.5. The lowest BCUT2D eigenvalue weighted by Gasteiger charge is -2.12. The van der Waals surface area contributed by atoms with Crippen LogP contribution in [0.15, 0.2) is 0 Å². The van der Waals surface area contributed by atoms with Crippen molar-refractivity contribution in [1.82, 2.24) is 0 Å². The third kappa shape index (κ3) is 1.22. The van der Waals surface area contributed by atoms with Crippen LogP contribution in [0.4, 0.5) is 0 Å². The number of ether oxygens (including phenoxy) is 1. The lowest BCUT2D eigenvalue weighted by atomic mass is 9.91. The molecule has 0 saturated carbocycles. The first-order chi connectivity index (χ1) is 3.60. The van der Waals surface area contributed by atoms with E-state index in [4.69, 9.17) is 4.74 Å². The van der Waals surface area contributed by atoms with Crippen molar-refractivity contribution in [2.24, 2.45) is 5.41 Å². The van der Waals surface area contributed by atoms with E-state index in [9.17, 15) is 0 Å². The van der Waals surface area contributed by atoms with Crippen LogP contribution in [-0.2, 0) is 4.74 Å². The van der Waals surface area contributed by atoms with E-state index in [1.54, 1.807) is 0 Å². The molecule has 1 rings (SSSR count). The monoisotopic (exact) mass is 114 g/mol. The van der Waals surface area contributed by atoms with Gasteiger partial charge < -0.3 is 4.74 Å². The van der Waals surface area contributed by atoms with Gasteiger partial charge in [0.25, 0.3) is 0 Å². The Labute approximate surface area is 51.0 Å². The molecule has 1 nitrogen and oxygen atoms in total. The van der Waals surface area contributed by atoms with E-state index >= 15 is 0 Å². The van der Waals surface area contributed by atoms with Crippen LogP contribution in [0.5, 0.6) is 0 Å². The minimum Gasteiger partial charge on any atom is -0.378 e. The highest BCUT2D eigenvalue weighted by molar-refractivity contribution is 4.77. The second kappa shape index (κ2) is 1.73. The van der Waals surface area contributed by atoms with Crippen LogP contribution >= 0.6 is 0 Å². The smallest absolute Gasteiger partial charge is 0.0553 e. The molecule has 0 aromatic heterocycles. The molecule has 48 valence electrons. The van der Waals surface area contributed by atoms with E-state index in [2.05, 4.69) is 20.8 Å². The van der Waals surface area contributed by atoms with Crippen molar-refractivity contribution in [3.63, 3.8) is 0 Å². The number of hydrogen-bond donors (Lipinski definition) is 0. The van der Waals surface area contributed by atoms with Crippen LogP contribution in [0.2, 0.25) is 0 Å². The van der Waals surface area contributed by atoms with Gasteiger partial charge in [-0.15, -0.1) is 0 Å². The number of rotatable bonds is 0. The molecule has 1 fully saturated rings. The molecule has 0 aromatic carbocycles. The summed E-state index contributed by atoms with van der Waals surface area (Å²) in [4.78, 5) is 0. The molecule has 1 heterocycles. The standard InChI is InChI=1S/C7H14O/c1-6-4-7(2,3)5-8-6/h6H,4-5H2,1-3H3/t6-/m0/s1. The highest BCUT2D eigenvalue weighted by Crippen LogP contribution is 2.30. The van der Waals surface area contributed by atoms with Gasteiger partial charge in [0.2, 0.25) is 0 Å². The minimum absolute atomic E-state index is 0.444. The van der Waals surface area contributed by atoms with E-state index in [1.807, 2.05) is 0 Å². The molecule has 1 atom stereocenters. The average molecular weight is 114 g/mol. The normalized spacial score (nSPS) is 35.6. The molecule has 0 bridgehead atoms. The molecule has 1 aliphatic rings. The zero-order chi connectivity index (χ0) is 6.20. The fourth-order valence-corrected chi connectivity index (χ4v) is 1.26. The maximum Gasteiger partial charge on any atom is 0.0553 e. The van der Waals surface area contributed by atoms with Crippen LogP contribution in [-0.4, -0.2) is 12.7 Å². The quantitative estimate of drug-likeness (QED) is 0.466. The third-order valence-electron chi connectivity index (χ3n) is 1.60. The van der Waals surface area contributed by atoms with Gasteiger partial charge >= 0.3 is 0 Å². The molecule has 0 aliphatic carbocycles. The van der Waals surface area contributed by atoms with Crippen LogP contribution in [0.3, 0.4) is 0 Å². The Morgan fingerprint density at radius 1 is 1.50 bits per heavy atom. The molecule has 1 heteroatoms. The van der Waals surface area contributed by atoms with Crippen molar-refractivity contribution >= 4 is 0 Å². The highest BCUT2D eigenvalue weighted by Gasteiger charge is 2.28. The largest absolute Gasteiger partial charge is 0.378 e. The average Bonchev–Trinajstić information content (AvgIpc) is 1.82. The molecule has 8 heavy (non-hydrogen) atoms. The second-order valence-electron chi connectivity index (χ2n) is 3.49. The van der Waals surface area contributed by atoms with Gasteiger partial charge in [0.15, 0.2) is 0 Å². The minimum atomic E-state index is 0.444. The van der Waals surface area contributed by atoms with E-state index in [1.165, 1.54) is 6.42 Å². The fraction of sp³-hybridized carbons (Fsp3) is 1.00. The second-order valence-corrected chi connectivity index (χ2v) is 3.49. The fourth-order valence-electron chi connectivity index (χ4n) is 1.26. The molecule has 0 amide bonds. The Hall–Kier alpha value is -0.0400. The summed E-state index contributed by atoms with van der Waals surface area (Å²) in [5, 5.41) is 0. The van der Waals surface area contributed by atoms with Crippen LogP contribution in [0.1, 0.15) is 27.2 Å². The summed E-state index contributed by atoms with van der Waals surface area (Å²) in [5.41, 5.74) is 0.444. The summed E-state index contributed by atoms with van der Waals surface area (Å²) >= 11 is 0. The summed E-state index contributed by atoms with van der Waals surface area (Å²) in [7, 11) is 0. The maximum absolute atomic E-state index is 5.37. The molecule has 1 saturated heterocycles. The first-order valence-electron chi connectivity index (χ1n) is 3.22. The van der Waals surface area contributed by atoms with Crippen LogP contribution in [0, 0.1) is 5.41 Å². The Balaban J connectivity index is 2.44. The van der Waals surface area contributed by atoms with Gasteiger partial charge in [-0.25, -0.2) is 0 Å². The van der Waals surface area contributed by atoms with Gasteiger partial charge in [-0.2, -0.15) is 0 Å². The Morgan fingerprint density at radius 2 is 2.12 bits per heavy atom. The predicted octanol–water partition coefficient (Wildman–Crippen LogP) is 1.82. The van der Waals surface area contributed by atoms with E-state index in [0.29, 0.717) is 11.5 Å². The zero-order valence-electron chi connectivity index (χ0n) is 5.90. The summed E-state index contributed by atoms with van der Waals surface area (Å²) in [6, 6.07) is 0. The molecular formula is C7H14O. The maximum atomic E-state index is 5.37. The number of hydrogen-bond acceptors (Lipinski definition) is 1. The Morgan fingerprint density at radius 3 is 2.25 bits per heavy atom. The Kier molecular flexibility index (Phi) is 1.31. The van der Waals surface area contributed by atoms with Gasteiger partial charge in [-0.05, 0) is 18.8 Å². The molecule has 0 spiro atoms.